The Kier molecular flexibility index (Phi) is 4.57. The molecule has 2 aliphatic heterocycles. The van der Waals surface area contributed by atoms with E-state index in [1.54, 1.807) is 4.90 Å². The maximum Gasteiger partial charge on any atom is 0.322 e. The third-order valence-electron chi connectivity index (χ3n) is 5.14. The minimum absolute atomic E-state index is 0.152. The molecule has 6 nitrogen and oxygen atoms in total. The van der Waals surface area contributed by atoms with E-state index in [1.165, 1.54) is 12.1 Å². The molecule has 1 atom stereocenters. The molecule has 26 heavy (non-hydrogen) atoms. The lowest BCUT2D eigenvalue weighted by molar-refractivity contribution is 0.203. The smallest absolute Gasteiger partial charge is 0.314 e. The number of halogens is 2. The van der Waals surface area contributed by atoms with Crippen LogP contribution in [0.2, 0.25) is 0 Å². The number of hydrogen-bond acceptors (Lipinski definition) is 3. The number of carbonyl (C=O) groups is 1. The quantitative estimate of drug-likeness (QED) is 0.888. The van der Waals surface area contributed by atoms with Gasteiger partial charge in [-0.05, 0) is 37.8 Å². The van der Waals surface area contributed by atoms with Gasteiger partial charge in [0.2, 0.25) is 0 Å². The number of benzene rings is 1. The number of rotatable bonds is 2. The fourth-order valence-electron chi connectivity index (χ4n) is 3.82. The van der Waals surface area contributed by atoms with Crippen LogP contribution in [-0.4, -0.2) is 32.2 Å². The summed E-state index contributed by atoms with van der Waals surface area (Å²) in [6, 6.07) is 3.11. The summed E-state index contributed by atoms with van der Waals surface area (Å²) >= 11 is 0. The summed E-state index contributed by atoms with van der Waals surface area (Å²) in [5.74, 6) is -0.258. The third kappa shape index (κ3) is 3.04. The Bertz CT molecular complexity index is 822. The summed E-state index contributed by atoms with van der Waals surface area (Å²) in [6.45, 7) is 1.41. The molecule has 2 aromatic rings. The molecule has 0 saturated carbocycles. The lowest BCUT2D eigenvalue weighted by Gasteiger charge is -2.25. The van der Waals surface area contributed by atoms with Gasteiger partial charge >= 0.3 is 6.03 Å². The van der Waals surface area contributed by atoms with Crippen LogP contribution in [0.4, 0.5) is 19.3 Å². The van der Waals surface area contributed by atoms with Crippen LogP contribution in [0.1, 0.15) is 49.8 Å². The van der Waals surface area contributed by atoms with Crippen LogP contribution in [0.25, 0.3) is 0 Å². The van der Waals surface area contributed by atoms with Crippen molar-refractivity contribution in [2.45, 2.75) is 51.1 Å². The van der Waals surface area contributed by atoms with E-state index in [1.807, 2.05) is 0 Å². The van der Waals surface area contributed by atoms with Crippen molar-refractivity contribution in [1.29, 1.82) is 0 Å². The normalized spacial score (nSPS) is 19.9. The minimum atomic E-state index is -1.05. The van der Waals surface area contributed by atoms with Gasteiger partial charge in [-0.1, -0.05) is 12.5 Å². The van der Waals surface area contributed by atoms with Crippen molar-refractivity contribution in [2.24, 2.45) is 0 Å². The first-order chi connectivity index (χ1) is 12.6. The lowest BCUT2D eigenvalue weighted by atomic mass is 10.2. The number of fused-ring (bicyclic) bond motifs is 1. The maximum atomic E-state index is 13.9. The van der Waals surface area contributed by atoms with E-state index in [-0.39, 0.29) is 11.7 Å². The molecule has 0 unspecified atom stereocenters. The first-order valence-corrected chi connectivity index (χ1v) is 9.09. The SMILES string of the molecule is O=C(Nc1cccc(F)c1F)N1CCC[C@H]1c1nnc2n1CCCCC2. The second-order valence-electron chi connectivity index (χ2n) is 6.82. The molecule has 138 valence electrons. The molecule has 0 spiro atoms. The van der Waals surface area contributed by atoms with Crippen molar-refractivity contribution in [2.75, 3.05) is 11.9 Å². The summed E-state index contributed by atoms with van der Waals surface area (Å²) in [4.78, 5) is 14.3. The van der Waals surface area contributed by atoms with E-state index in [0.29, 0.717) is 6.54 Å². The van der Waals surface area contributed by atoms with Crippen molar-refractivity contribution < 1.29 is 13.6 Å². The minimum Gasteiger partial charge on any atom is -0.314 e. The summed E-state index contributed by atoms with van der Waals surface area (Å²) in [5, 5.41) is 11.2. The van der Waals surface area contributed by atoms with Crippen LogP contribution < -0.4 is 5.32 Å². The average Bonchev–Trinajstić information content (AvgIpc) is 3.20. The Labute approximate surface area is 150 Å². The van der Waals surface area contributed by atoms with Gasteiger partial charge in [-0.25, -0.2) is 13.6 Å². The van der Waals surface area contributed by atoms with Gasteiger partial charge in [0.15, 0.2) is 17.5 Å². The predicted octanol–water partition coefficient (Wildman–Crippen LogP) is 3.65. The van der Waals surface area contributed by atoms with E-state index < -0.39 is 17.7 Å². The number of nitrogens with zero attached hydrogens (tertiary/aromatic N) is 4. The van der Waals surface area contributed by atoms with Gasteiger partial charge < -0.3 is 14.8 Å². The van der Waals surface area contributed by atoms with Crippen LogP contribution in [0.3, 0.4) is 0 Å². The maximum absolute atomic E-state index is 13.9. The number of aryl methyl sites for hydroxylation is 1. The Balaban J connectivity index is 1.56. The molecule has 1 aromatic carbocycles. The van der Waals surface area contributed by atoms with Gasteiger partial charge in [0, 0.05) is 19.5 Å². The number of aromatic nitrogens is 3. The van der Waals surface area contributed by atoms with Crippen molar-refractivity contribution >= 4 is 11.7 Å². The van der Waals surface area contributed by atoms with Crippen molar-refractivity contribution in [3.63, 3.8) is 0 Å². The van der Waals surface area contributed by atoms with Crippen molar-refractivity contribution in [1.82, 2.24) is 19.7 Å². The van der Waals surface area contributed by atoms with Gasteiger partial charge in [0.05, 0.1) is 11.7 Å². The first-order valence-electron chi connectivity index (χ1n) is 9.09. The number of anilines is 1. The lowest BCUT2D eigenvalue weighted by Crippen LogP contribution is -2.36. The van der Waals surface area contributed by atoms with Gasteiger partial charge in [0.1, 0.15) is 5.82 Å². The molecule has 4 rings (SSSR count). The third-order valence-corrected chi connectivity index (χ3v) is 5.14. The number of hydrogen-bond donors (Lipinski definition) is 1. The molecule has 1 N–H and O–H groups in total. The zero-order valence-corrected chi connectivity index (χ0v) is 14.4. The monoisotopic (exact) mass is 361 g/mol. The highest BCUT2D eigenvalue weighted by molar-refractivity contribution is 5.89. The molecule has 0 aliphatic carbocycles. The van der Waals surface area contributed by atoms with Gasteiger partial charge in [-0.15, -0.1) is 10.2 Å². The number of likely N-dealkylation sites (tertiary alicyclic amines) is 1. The van der Waals surface area contributed by atoms with Crippen LogP contribution in [-0.2, 0) is 13.0 Å². The molecular weight excluding hydrogens is 340 g/mol. The highest BCUT2D eigenvalue weighted by atomic mass is 19.2. The van der Waals surface area contributed by atoms with Crippen molar-refractivity contribution in [3.8, 4) is 0 Å². The van der Waals surface area contributed by atoms with Crippen molar-refractivity contribution in [3.05, 3.63) is 41.5 Å². The Morgan fingerprint density at radius 2 is 2.00 bits per heavy atom. The Morgan fingerprint density at radius 3 is 2.88 bits per heavy atom. The largest absolute Gasteiger partial charge is 0.322 e. The second kappa shape index (κ2) is 7.01. The molecule has 3 heterocycles. The summed E-state index contributed by atoms with van der Waals surface area (Å²) in [6.07, 6.45) is 5.87. The predicted molar refractivity (Wildman–Crippen MR) is 91.6 cm³/mol. The number of nitrogens with one attached hydrogen (secondary N) is 1. The zero-order valence-electron chi connectivity index (χ0n) is 14.4. The van der Waals surface area contributed by atoms with E-state index in [2.05, 4.69) is 20.1 Å². The van der Waals surface area contributed by atoms with Gasteiger partial charge in [-0.2, -0.15) is 0 Å². The molecule has 2 aliphatic rings. The van der Waals surface area contributed by atoms with Crippen LogP contribution in [0.5, 0.6) is 0 Å². The average molecular weight is 361 g/mol. The van der Waals surface area contributed by atoms with Gasteiger partial charge in [0.25, 0.3) is 0 Å². The standard InChI is InChI=1S/C18H21F2N5O/c19-12-6-4-7-13(16(12)20)21-18(26)24-11-5-8-14(24)17-23-22-15-9-2-1-3-10-25(15)17/h4,6-7,14H,1-3,5,8-11H2,(H,21,26)/t14-/m0/s1. The summed E-state index contributed by atoms with van der Waals surface area (Å²) in [7, 11) is 0. The molecule has 0 radical (unpaired) electrons. The van der Waals surface area contributed by atoms with E-state index in [9.17, 15) is 13.6 Å². The summed E-state index contributed by atoms with van der Waals surface area (Å²) < 4.78 is 29.4. The molecular formula is C18H21F2N5O. The van der Waals surface area contributed by atoms with Crippen LogP contribution in [0.15, 0.2) is 18.2 Å². The fraction of sp³-hybridized carbons (Fsp3) is 0.500. The first kappa shape index (κ1) is 16.9. The Morgan fingerprint density at radius 1 is 1.12 bits per heavy atom. The number of carbonyl (C=O) groups excluding carboxylic acids is 1. The summed E-state index contributed by atoms with van der Waals surface area (Å²) in [5.41, 5.74) is -0.152. The molecule has 1 saturated heterocycles. The molecule has 0 bridgehead atoms. The topological polar surface area (TPSA) is 63.1 Å². The highest BCUT2D eigenvalue weighted by Gasteiger charge is 2.34. The van der Waals surface area contributed by atoms with Crippen LogP contribution >= 0.6 is 0 Å². The van der Waals surface area contributed by atoms with E-state index >= 15 is 0 Å². The highest BCUT2D eigenvalue weighted by Crippen LogP contribution is 2.33. The zero-order chi connectivity index (χ0) is 18.1. The van der Waals surface area contributed by atoms with Gasteiger partial charge in [-0.3, -0.25) is 0 Å². The number of urea groups is 1. The van der Waals surface area contributed by atoms with E-state index in [0.717, 1.165) is 62.8 Å². The molecule has 1 fully saturated rings. The number of amides is 2. The second-order valence-corrected chi connectivity index (χ2v) is 6.82. The fourth-order valence-corrected chi connectivity index (χ4v) is 3.82. The molecule has 8 heteroatoms. The molecule has 2 amide bonds. The molecule has 1 aromatic heterocycles. The van der Waals surface area contributed by atoms with Crippen LogP contribution in [0, 0.1) is 11.6 Å². The Hall–Kier alpha value is -2.51. The van der Waals surface area contributed by atoms with E-state index in [4.69, 9.17) is 0 Å².